The molecule has 0 bridgehead atoms. The zero-order chi connectivity index (χ0) is 22.0. The first kappa shape index (κ1) is 21.6. The van der Waals surface area contributed by atoms with Crippen molar-refractivity contribution in [2.75, 3.05) is 10.6 Å². The summed E-state index contributed by atoms with van der Waals surface area (Å²) >= 11 is 1.47. The normalized spacial score (nSPS) is 20.5. The van der Waals surface area contributed by atoms with Gasteiger partial charge in [-0.2, -0.15) is 0 Å². The molecule has 3 N–H and O–H groups in total. The summed E-state index contributed by atoms with van der Waals surface area (Å²) in [5, 5.41) is 16.0. The Morgan fingerprint density at radius 2 is 1.74 bits per heavy atom. The molecule has 1 saturated carbocycles. The first-order chi connectivity index (χ1) is 14.9. The number of carboxylic acid groups (broad SMARTS) is 1. The van der Waals surface area contributed by atoms with Crippen LogP contribution < -0.4 is 10.6 Å². The van der Waals surface area contributed by atoms with Crippen molar-refractivity contribution >= 4 is 39.8 Å². The maximum atomic E-state index is 13.3. The van der Waals surface area contributed by atoms with Gasteiger partial charge in [0.15, 0.2) is 0 Å². The Morgan fingerprint density at radius 1 is 1.00 bits per heavy atom. The number of nitrogens with one attached hydrogen (secondary N) is 2. The molecule has 7 heteroatoms. The summed E-state index contributed by atoms with van der Waals surface area (Å²) in [6.45, 7) is 1.97. The van der Waals surface area contributed by atoms with E-state index in [0.717, 1.165) is 60.2 Å². The predicted octanol–water partition coefficient (Wildman–Crippen LogP) is 5.02. The fourth-order valence-electron chi connectivity index (χ4n) is 4.76. The second-order valence-electron chi connectivity index (χ2n) is 8.56. The molecule has 0 saturated heterocycles. The highest BCUT2D eigenvalue weighted by molar-refractivity contribution is 7.17. The number of anilines is 2. The van der Waals surface area contributed by atoms with Crippen molar-refractivity contribution in [1.29, 1.82) is 0 Å². The zero-order valence-corrected chi connectivity index (χ0v) is 18.5. The molecule has 1 aromatic carbocycles. The summed E-state index contributed by atoms with van der Waals surface area (Å²) in [6.07, 6.45) is 6.59. The molecule has 1 fully saturated rings. The molecule has 2 aromatic rings. The summed E-state index contributed by atoms with van der Waals surface area (Å²) in [5.74, 6) is -2.64. The minimum atomic E-state index is -0.914. The molecular weight excluding hydrogens is 412 g/mol. The molecule has 0 unspecified atom stereocenters. The van der Waals surface area contributed by atoms with E-state index in [1.165, 1.54) is 11.3 Å². The Balaban J connectivity index is 1.61. The summed E-state index contributed by atoms with van der Waals surface area (Å²) in [6, 6.07) is 7.62. The number of thiophene rings is 1. The van der Waals surface area contributed by atoms with Gasteiger partial charge in [0.1, 0.15) is 5.00 Å². The lowest BCUT2D eigenvalue weighted by Crippen LogP contribution is -2.36. The Morgan fingerprint density at radius 3 is 2.48 bits per heavy atom. The van der Waals surface area contributed by atoms with Crippen molar-refractivity contribution < 1.29 is 19.5 Å². The van der Waals surface area contributed by atoms with E-state index in [9.17, 15) is 19.5 Å². The Kier molecular flexibility index (Phi) is 6.41. The molecule has 164 valence electrons. The summed E-state index contributed by atoms with van der Waals surface area (Å²) in [5.41, 5.74) is 3.33. The van der Waals surface area contributed by atoms with Crippen molar-refractivity contribution in [3.63, 3.8) is 0 Å². The van der Waals surface area contributed by atoms with Gasteiger partial charge in [-0.25, -0.2) is 0 Å². The highest BCUT2D eigenvalue weighted by atomic mass is 32.1. The third-order valence-electron chi connectivity index (χ3n) is 6.33. The second-order valence-corrected chi connectivity index (χ2v) is 9.67. The minimum Gasteiger partial charge on any atom is -0.481 e. The summed E-state index contributed by atoms with van der Waals surface area (Å²) in [7, 11) is 0. The molecular formula is C24H28N2O4S. The maximum absolute atomic E-state index is 13.3. The van der Waals surface area contributed by atoms with Gasteiger partial charge in [-0.15, -0.1) is 11.3 Å². The molecule has 4 rings (SSSR count). The van der Waals surface area contributed by atoms with E-state index in [1.807, 2.05) is 31.2 Å². The predicted molar refractivity (Wildman–Crippen MR) is 122 cm³/mol. The Labute approximate surface area is 186 Å². The first-order valence-electron chi connectivity index (χ1n) is 11.0. The van der Waals surface area contributed by atoms with Gasteiger partial charge in [-0.3, -0.25) is 14.4 Å². The van der Waals surface area contributed by atoms with Crippen LogP contribution in [0.5, 0.6) is 0 Å². The summed E-state index contributed by atoms with van der Waals surface area (Å²) < 4.78 is 0. The van der Waals surface area contributed by atoms with E-state index in [0.29, 0.717) is 23.4 Å². The SMILES string of the molecule is Cc1cccc(NC(=O)c2c(NC(=O)[C@@H]3CCCC[C@H]3C(=O)O)sc3c2CCCC3)c1. The molecule has 2 atom stereocenters. The first-order valence-corrected chi connectivity index (χ1v) is 11.8. The van der Waals surface area contributed by atoms with Crippen LogP contribution in [0.25, 0.3) is 0 Å². The Bertz CT molecular complexity index is 1010. The van der Waals surface area contributed by atoms with Gasteiger partial charge in [0.05, 0.1) is 17.4 Å². The summed E-state index contributed by atoms with van der Waals surface area (Å²) in [4.78, 5) is 39.1. The number of aryl methyl sites for hydroxylation is 2. The number of benzene rings is 1. The van der Waals surface area contributed by atoms with Gasteiger partial charge >= 0.3 is 5.97 Å². The third kappa shape index (κ3) is 4.66. The fraction of sp³-hybridized carbons (Fsp3) is 0.458. The number of carbonyl (C=O) groups is 3. The molecule has 0 aliphatic heterocycles. The van der Waals surface area contributed by atoms with Crippen LogP contribution in [0, 0.1) is 18.8 Å². The second kappa shape index (κ2) is 9.22. The molecule has 2 aliphatic rings. The molecule has 2 amide bonds. The van der Waals surface area contributed by atoms with Crippen LogP contribution in [0.1, 0.15) is 64.9 Å². The number of amides is 2. The lowest BCUT2D eigenvalue weighted by Gasteiger charge is -2.27. The third-order valence-corrected chi connectivity index (χ3v) is 7.54. The van der Waals surface area contributed by atoms with Crippen LogP contribution in [-0.2, 0) is 22.4 Å². The van der Waals surface area contributed by atoms with Crippen molar-refractivity contribution in [2.45, 2.75) is 58.3 Å². The van der Waals surface area contributed by atoms with E-state index in [-0.39, 0.29) is 11.8 Å². The fourth-order valence-corrected chi connectivity index (χ4v) is 6.05. The number of rotatable bonds is 5. The molecule has 1 heterocycles. The van der Waals surface area contributed by atoms with E-state index in [1.54, 1.807) is 0 Å². The van der Waals surface area contributed by atoms with Crippen molar-refractivity contribution in [1.82, 2.24) is 0 Å². The molecule has 1 aromatic heterocycles. The average Bonchev–Trinajstić information content (AvgIpc) is 3.11. The maximum Gasteiger partial charge on any atom is 0.307 e. The number of carbonyl (C=O) groups excluding carboxylic acids is 2. The van der Waals surface area contributed by atoms with Crippen LogP contribution in [-0.4, -0.2) is 22.9 Å². The van der Waals surface area contributed by atoms with E-state index >= 15 is 0 Å². The van der Waals surface area contributed by atoms with Gasteiger partial charge in [0.2, 0.25) is 5.91 Å². The number of aliphatic carboxylic acids is 1. The highest BCUT2D eigenvalue weighted by Crippen LogP contribution is 2.40. The van der Waals surface area contributed by atoms with E-state index in [4.69, 9.17) is 0 Å². The lowest BCUT2D eigenvalue weighted by molar-refractivity contribution is -0.147. The molecule has 31 heavy (non-hydrogen) atoms. The van der Waals surface area contributed by atoms with Crippen LogP contribution >= 0.6 is 11.3 Å². The molecule has 6 nitrogen and oxygen atoms in total. The largest absolute Gasteiger partial charge is 0.481 e. The number of hydrogen-bond acceptors (Lipinski definition) is 4. The van der Waals surface area contributed by atoms with Crippen molar-refractivity contribution in [3.8, 4) is 0 Å². The monoisotopic (exact) mass is 440 g/mol. The van der Waals surface area contributed by atoms with Gasteiger partial charge in [0, 0.05) is 10.6 Å². The lowest BCUT2D eigenvalue weighted by atomic mass is 9.78. The van der Waals surface area contributed by atoms with Gasteiger partial charge < -0.3 is 15.7 Å². The van der Waals surface area contributed by atoms with Crippen LogP contribution in [0.3, 0.4) is 0 Å². The van der Waals surface area contributed by atoms with Crippen LogP contribution in [0.15, 0.2) is 24.3 Å². The smallest absolute Gasteiger partial charge is 0.307 e. The number of hydrogen-bond donors (Lipinski definition) is 3. The van der Waals surface area contributed by atoms with Crippen molar-refractivity contribution in [3.05, 3.63) is 45.8 Å². The molecule has 0 radical (unpaired) electrons. The number of fused-ring (bicyclic) bond motifs is 1. The quantitative estimate of drug-likeness (QED) is 0.608. The van der Waals surface area contributed by atoms with Gasteiger partial charge in [0.25, 0.3) is 5.91 Å². The highest BCUT2D eigenvalue weighted by Gasteiger charge is 2.37. The zero-order valence-electron chi connectivity index (χ0n) is 17.7. The van der Waals surface area contributed by atoms with E-state index < -0.39 is 17.8 Å². The minimum absolute atomic E-state index is 0.223. The van der Waals surface area contributed by atoms with Gasteiger partial charge in [-0.05, 0) is 68.7 Å². The number of carboxylic acids is 1. The standard InChI is InChI=1S/C24H28N2O4S/c1-14-7-6-8-15(13-14)25-22(28)20-18-11-4-5-12-19(18)31-23(20)26-21(27)16-9-2-3-10-17(16)24(29)30/h6-8,13,16-17H,2-5,9-12H2,1H3,(H,25,28)(H,26,27)(H,29,30)/t16-,17-/m1/s1. The van der Waals surface area contributed by atoms with Gasteiger partial charge in [-0.1, -0.05) is 25.0 Å². The molecule has 0 spiro atoms. The average molecular weight is 441 g/mol. The Hall–Kier alpha value is -2.67. The molecule has 2 aliphatic carbocycles. The van der Waals surface area contributed by atoms with E-state index in [2.05, 4.69) is 10.6 Å². The van der Waals surface area contributed by atoms with Crippen LogP contribution in [0.4, 0.5) is 10.7 Å². The van der Waals surface area contributed by atoms with Crippen LogP contribution in [0.2, 0.25) is 0 Å². The van der Waals surface area contributed by atoms with Crippen molar-refractivity contribution in [2.24, 2.45) is 11.8 Å². The topological polar surface area (TPSA) is 95.5 Å².